The second-order valence-corrected chi connectivity index (χ2v) is 6.92. The van der Waals surface area contributed by atoms with E-state index in [1.807, 2.05) is 0 Å². The van der Waals surface area contributed by atoms with Gasteiger partial charge in [-0.05, 0) is 25.1 Å². The standard InChI is InChI=1S/C18H15F3N2O2S/c1-10(16(24)12-5-3-4-6-13(12)18(19,20)21)26-17-22-14-8-7-11(25-2)9-15(14)23-17/h3-10H,1-2H3,(H,22,23). The number of carbonyl (C=O) groups excluding carboxylic acids is 1. The number of imidazole rings is 1. The van der Waals surface area contributed by atoms with Crippen molar-refractivity contribution in [2.24, 2.45) is 0 Å². The summed E-state index contributed by atoms with van der Waals surface area (Å²) in [5.74, 6) is 0.0573. The Hall–Kier alpha value is -2.48. The molecule has 0 aliphatic carbocycles. The first-order chi connectivity index (χ1) is 12.3. The summed E-state index contributed by atoms with van der Waals surface area (Å²) >= 11 is 1.08. The van der Waals surface area contributed by atoms with Gasteiger partial charge in [-0.15, -0.1) is 0 Å². The Morgan fingerprint density at radius 2 is 1.96 bits per heavy atom. The first-order valence-corrected chi connectivity index (χ1v) is 8.58. The van der Waals surface area contributed by atoms with Crippen LogP contribution in [0.5, 0.6) is 5.75 Å². The van der Waals surface area contributed by atoms with Crippen LogP contribution in [-0.4, -0.2) is 28.1 Å². The molecule has 0 spiro atoms. The maximum absolute atomic E-state index is 13.1. The molecular formula is C18H15F3N2O2S. The molecule has 0 bridgehead atoms. The number of carbonyl (C=O) groups is 1. The van der Waals surface area contributed by atoms with Crippen molar-refractivity contribution in [2.45, 2.75) is 23.5 Å². The molecule has 4 nitrogen and oxygen atoms in total. The molecule has 136 valence electrons. The van der Waals surface area contributed by atoms with Crippen LogP contribution in [-0.2, 0) is 6.18 Å². The zero-order chi connectivity index (χ0) is 18.9. The van der Waals surface area contributed by atoms with Crippen LogP contribution in [0.4, 0.5) is 13.2 Å². The molecule has 0 amide bonds. The first kappa shape index (κ1) is 18.3. The van der Waals surface area contributed by atoms with Crippen LogP contribution in [0.2, 0.25) is 0 Å². The number of halogens is 3. The number of Topliss-reactive ketones (excluding diaryl/α,β-unsaturated/α-hetero) is 1. The summed E-state index contributed by atoms with van der Waals surface area (Å²) in [5.41, 5.74) is 0.149. The maximum atomic E-state index is 13.1. The summed E-state index contributed by atoms with van der Waals surface area (Å²) in [7, 11) is 1.55. The van der Waals surface area contributed by atoms with E-state index in [0.717, 1.165) is 23.3 Å². The van der Waals surface area contributed by atoms with Crippen molar-refractivity contribution in [1.82, 2.24) is 9.97 Å². The lowest BCUT2D eigenvalue weighted by Gasteiger charge is -2.14. The van der Waals surface area contributed by atoms with Crippen molar-refractivity contribution in [3.63, 3.8) is 0 Å². The molecule has 0 saturated heterocycles. The molecule has 1 N–H and O–H groups in total. The summed E-state index contributed by atoms with van der Waals surface area (Å²) in [6.45, 7) is 1.56. The van der Waals surface area contributed by atoms with E-state index >= 15 is 0 Å². The van der Waals surface area contributed by atoms with Gasteiger partial charge in [0, 0.05) is 11.6 Å². The predicted octanol–water partition coefficient (Wildman–Crippen LogP) is 4.95. The fourth-order valence-corrected chi connectivity index (χ4v) is 3.42. The van der Waals surface area contributed by atoms with Crippen LogP contribution in [0.3, 0.4) is 0 Å². The second-order valence-electron chi connectivity index (χ2n) is 5.59. The summed E-state index contributed by atoms with van der Waals surface area (Å²) in [5, 5.41) is -0.278. The van der Waals surface area contributed by atoms with E-state index in [1.54, 1.807) is 32.2 Å². The molecule has 0 saturated carbocycles. The Bertz CT molecular complexity index is 953. The monoisotopic (exact) mass is 380 g/mol. The molecule has 26 heavy (non-hydrogen) atoms. The third-order valence-corrected chi connectivity index (χ3v) is 4.81. The number of fused-ring (bicyclic) bond motifs is 1. The van der Waals surface area contributed by atoms with Gasteiger partial charge in [-0.1, -0.05) is 30.0 Å². The van der Waals surface area contributed by atoms with Gasteiger partial charge in [0.15, 0.2) is 10.9 Å². The molecule has 0 aliphatic rings. The van der Waals surface area contributed by atoms with E-state index in [0.29, 0.717) is 16.4 Å². The van der Waals surface area contributed by atoms with Crippen LogP contribution in [0.15, 0.2) is 47.6 Å². The van der Waals surface area contributed by atoms with Crippen molar-refractivity contribution in [2.75, 3.05) is 7.11 Å². The van der Waals surface area contributed by atoms with E-state index in [4.69, 9.17) is 4.74 Å². The fraction of sp³-hybridized carbons (Fsp3) is 0.222. The quantitative estimate of drug-likeness (QED) is 0.502. The molecule has 1 unspecified atom stereocenters. The number of methoxy groups -OCH3 is 1. The summed E-state index contributed by atoms with van der Waals surface area (Å²) < 4.78 is 44.5. The van der Waals surface area contributed by atoms with Gasteiger partial charge in [0.2, 0.25) is 0 Å². The number of hydrogen-bond acceptors (Lipinski definition) is 4. The normalized spacial score (nSPS) is 13.0. The summed E-state index contributed by atoms with van der Waals surface area (Å²) in [4.78, 5) is 20.0. The van der Waals surface area contributed by atoms with Gasteiger partial charge in [0.05, 0.1) is 29.0 Å². The number of aromatic amines is 1. The highest BCUT2D eigenvalue weighted by atomic mass is 32.2. The van der Waals surface area contributed by atoms with Crippen molar-refractivity contribution in [3.8, 4) is 5.75 Å². The molecule has 1 atom stereocenters. The van der Waals surface area contributed by atoms with Gasteiger partial charge in [0.25, 0.3) is 0 Å². The van der Waals surface area contributed by atoms with E-state index < -0.39 is 22.8 Å². The molecule has 3 rings (SSSR count). The highest BCUT2D eigenvalue weighted by Crippen LogP contribution is 2.34. The van der Waals surface area contributed by atoms with Crippen LogP contribution < -0.4 is 4.74 Å². The highest BCUT2D eigenvalue weighted by molar-refractivity contribution is 8.00. The first-order valence-electron chi connectivity index (χ1n) is 7.70. The highest BCUT2D eigenvalue weighted by Gasteiger charge is 2.35. The van der Waals surface area contributed by atoms with Gasteiger partial charge in [-0.25, -0.2) is 4.98 Å². The smallest absolute Gasteiger partial charge is 0.417 e. The van der Waals surface area contributed by atoms with Gasteiger partial charge in [-0.2, -0.15) is 13.2 Å². The van der Waals surface area contributed by atoms with E-state index in [2.05, 4.69) is 9.97 Å². The Morgan fingerprint density at radius 3 is 2.65 bits per heavy atom. The van der Waals surface area contributed by atoms with Crippen molar-refractivity contribution in [3.05, 3.63) is 53.6 Å². The lowest BCUT2D eigenvalue weighted by Crippen LogP contribution is -2.19. The Kier molecular flexibility index (Phi) is 4.95. The molecule has 1 heterocycles. The SMILES string of the molecule is COc1ccc2nc(SC(C)C(=O)c3ccccc3C(F)(F)F)[nH]c2c1. The maximum Gasteiger partial charge on any atom is 0.417 e. The molecule has 0 aliphatic heterocycles. The van der Waals surface area contributed by atoms with Gasteiger partial charge in [-0.3, -0.25) is 4.79 Å². The Labute approximate surface area is 151 Å². The van der Waals surface area contributed by atoms with Gasteiger partial charge < -0.3 is 9.72 Å². The number of thioether (sulfide) groups is 1. The van der Waals surface area contributed by atoms with E-state index in [-0.39, 0.29) is 5.56 Å². The zero-order valence-electron chi connectivity index (χ0n) is 13.9. The molecule has 0 fully saturated rings. The molecule has 1 aromatic heterocycles. The number of ether oxygens (including phenoxy) is 1. The number of ketones is 1. The number of rotatable bonds is 5. The van der Waals surface area contributed by atoms with Gasteiger partial charge in [0.1, 0.15) is 5.75 Å². The molecule has 0 radical (unpaired) electrons. The average molecular weight is 380 g/mol. The fourth-order valence-electron chi connectivity index (χ4n) is 2.53. The number of nitrogens with one attached hydrogen (secondary N) is 1. The lowest BCUT2D eigenvalue weighted by atomic mass is 10.0. The van der Waals surface area contributed by atoms with Crippen LogP contribution >= 0.6 is 11.8 Å². The number of H-pyrrole nitrogens is 1. The number of hydrogen-bond donors (Lipinski definition) is 1. The predicted molar refractivity (Wildman–Crippen MR) is 93.7 cm³/mol. The molecule has 2 aromatic carbocycles. The second kappa shape index (κ2) is 7.03. The van der Waals surface area contributed by atoms with Crippen LogP contribution in [0.1, 0.15) is 22.8 Å². The zero-order valence-corrected chi connectivity index (χ0v) is 14.7. The van der Waals surface area contributed by atoms with Crippen molar-refractivity contribution >= 4 is 28.6 Å². The largest absolute Gasteiger partial charge is 0.497 e. The summed E-state index contributed by atoms with van der Waals surface area (Å²) in [6.07, 6.45) is -4.58. The van der Waals surface area contributed by atoms with E-state index in [1.165, 1.54) is 18.2 Å². The topological polar surface area (TPSA) is 55.0 Å². The number of alkyl halides is 3. The van der Waals surface area contributed by atoms with Crippen molar-refractivity contribution < 1.29 is 22.7 Å². The number of nitrogens with zero attached hydrogens (tertiary/aromatic N) is 1. The molecular weight excluding hydrogens is 365 g/mol. The average Bonchev–Trinajstić information content (AvgIpc) is 3.01. The van der Waals surface area contributed by atoms with E-state index in [9.17, 15) is 18.0 Å². The van der Waals surface area contributed by atoms with Crippen molar-refractivity contribution in [1.29, 1.82) is 0 Å². The summed E-state index contributed by atoms with van der Waals surface area (Å²) in [6, 6.07) is 10.1. The van der Waals surface area contributed by atoms with Crippen LogP contribution in [0, 0.1) is 0 Å². The minimum absolute atomic E-state index is 0.335. The third kappa shape index (κ3) is 3.70. The number of aromatic nitrogens is 2. The van der Waals surface area contributed by atoms with Crippen LogP contribution in [0.25, 0.3) is 11.0 Å². The molecule has 3 aromatic rings. The lowest BCUT2D eigenvalue weighted by molar-refractivity contribution is -0.137. The minimum Gasteiger partial charge on any atom is -0.497 e. The minimum atomic E-state index is -4.58. The Morgan fingerprint density at radius 1 is 1.23 bits per heavy atom. The number of benzene rings is 2. The van der Waals surface area contributed by atoms with Gasteiger partial charge >= 0.3 is 6.18 Å². The third-order valence-electron chi connectivity index (χ3n) is 3.82. The molecule has 8 heteroatoms. The Balaban J connectivity index is 1.84.